The number of anilines is 2. The van der Waals surface area contributed by atoms with Crippen LogP contribution in [0.5, 0.6) is 0 Å². The lowest BCUT2D eigenvalue weighted by Crippen LogP contribution is -2.41. The Kier molecular flexibility index (Phi) is 4.93. The highest BCUT2D eigenvalue weighted by atomic mass is 16.5. The third kappa shape index (κ3) is 3.90. The van der Waals surface area contributed by atoms with Gasteiger partial charge in [0, 0.05) is 12.3 Å². The SMILES string of the molecule is C[C@H](NC(=O)c1ccccc1Nc1ccccc1)[C@H]1CCCO1. The average Bonchev–Trinajstić information content (AvgIpc) is 3.11. The van der Waals surface area contributed by atoms with Crippen molar-refractivity contribution in [1.82, 2.24) is 5.32 Å². The zero-order valence-electron chi connectivity index (χ0n) is 13.3. The molecule has 0 spiro atoms. The van der Waals surface area contributed by atoms with E-state index in [9.17, 15) is 4.79 Å². The van der Waals surface area contributed by atoms with Crippen molar-refractivity contribution in [2.24, 2.45) is 0 Å². The van der Waals surface area contributed by atoms with Crippen molar-refractivity contribution in [1.29, 1.82) is 0 Å². The van der Waals surface area contributed by atoms with Gasteiger partial charge in [-0.25, -0.2) is 0 Å². The van der Waals surface area contributed by atoms with Gasteiger partial charge in [0.1, 0.15) is 0 Å². The van der Waals surface area contributed by atoms with Crippen LogP contribution in [0.15, 0.2) is 54.6 Å². The number of ether oxygens (including phenoxy) is 1. The van der Waals surface area contributed by atoms with Crippen LogP contribution in [0.3, 0.4) is 0 Å². The monoisotopic (exact) mass is 310 g/mol. The summed E-state index contributed by atoms with van der Waals surface area (Å²) in [5, 5.41) is 6.36. The normalized spacial score (nSPS) is 18.4. The highest BCUT2D eigenvalue weighted by Gasteiger charge is 2.24. The summed E-state index contributed by atoms with van der Waals surface area (Å²) in [4.78, 5) is 12.6. The fourth-order valence-corrected chi connectivity index (χ4v) is 2.84. The first kappa shape index (κ1) is 15.6. The third-order valence-corrected chi connectivity index (χ3v) is 4.11. The van der Waals surface area contributed by atoms with E-state index < -0.39 is 0 Å². The Balaban J connectivity index is 1.72. The minimum atomic E-state index is -0.0768. The summed E-state index contributed by atoms with van der Waals surface area (Å²) in [6.07, 6.45) is 2.19. The second kappa shape index (κ2) is 7.29. The summed E-state index contributed by atoms with van der Waals surface area (Å²) >= 11 is 0. The van der Waals surface area contributed by atoms with Gasteiger partial charge in [-0.2, -0.15) is 0 Å². The average molecular weight is 310 g/mol. The minimum Gasteiger partial charge on any atom is -0.376 e. The fourth-order valence-electron chi connectivity index (χ4n) is 2.84. The van der Waals surface area contributed by atoms with Crippen molar-refractivity contribution in [2.75, 3.05) is 11.9 Å². The Morgan fingerprint density at radius 2 is 1.87 bits per heavy atom. The largest absolute Gasteiger partial charge is 0.376 e. The number of hydrogen-bond donors (Lipinski definition) is 2. The van der Waals surface area contributed by atoms with Crippen LogP contribution in [0.2, 0.25) is 0 Å². The quantitative estimate of drug-likeness (QED) is 0.885. The predicted octanol–water partition coefficient (Wildman–Crippen LogP) is 3.73. The molecular formula is C19H22N2O2. The molecule has 2 aromatic rings. The van der Waals surface area contributed by atoms with Crippen molar-refractivity contribution >= 4 is 17.3 Å². The molecule has 0 bridgehead atoms. The topological polar surface area (TPSA) is 50.4 Å². The van der Waals surface area contributed by atoms with E-state index in [-0.39, 0.29) is 18.1 Å². The molecular weight excluding hydrogens is 288 g/mol. The first-order valence-electron chi connectivity index (χ1n) is 8.07. The zero-order valence-corrected chi connectivity index (χ0v) is 13.3. The van der Waals surface area contributed by atoms with Crippen LogP contribution in [-0.4, -0.2) is 24.7 Å². The van der Waals surface area contributed by atoms with E-state index in [1.807, 2.05) is 61.5 Å². The number of nitrogens with one attached hydrogen (secondary N) is 2. The summed E-state index contributed by atoms with van der Waals surface area (Å²) < 4.78 is 5.65. The molecule has 4 heteroatoms. The lowest BCUT2D eigenvalue weighted by molar-refractivity contribution is 0.0713. The summed E-state index contributed by atoms with van der Waals surface area (Å²) in [6.45, 7) is 2.79. The van der Waals surface area contributed by atoms with Gasteiger partial charge in [0.2, 0.25) is 0 Å². The van der Waals surface area contributed by atoms with Crippen LogP contribution in [0.25, 0.3) is 0 Å². The lowest BCUT2D eigenvalue weighted by atomic mass is 10.1. The van der Waals surface area contributed by atoms with Crippen LogP contribution in [0.4, 0.5) is 11.4 Å². The van der Waals surface area contributed by atoms with Gasteiger partial charge < -0.3 is 15.4 Å². The minimum absolute atomic E-state index is 0.00906. The molecule has 1 amide bonds. The van der Waals surface area contributed by atoms with Gasteiger partial charge in [-0.05, 0) is 44.0 Å². The summed E-state index contributed by atoms with van der Waals surface area (Å²) in [5.74, 6) is -0.0768. The Bertz CT molecular complexity index is 651. The van der Waals surface area contributed by atoms with E-state index in [2.05, 4.69) is 10.6 Å². The molecule has 4 nitrogen and oxygen atoms in total. The van der Waals surface area contributed by atoms with E-state index in [0.29, 0.717) is 5.56 Å². The lowest BCUT2D eigenvalue weighted by Gasteiger charge is -2.21. The van der Waals surface area contributed by atoms with Gasteiger partial charge in [-0.1, -0.05) is 30.3 Å². The highest BCUT2D eigenvalue weighted by molar-refractivity contribution is 6.00. The number of carbonyl (C=O) groups is 1. The number of hydrogen-bond acceptors (Lipinski definition) is 3. The molecule has 0 aromatic heterocycles. The number of rotatable bonds is 5. The Labute approximate surface area is 136 Å². The standard InChI is InChI=1S/C19H22N2O2/c1-14(18-12-7-13-23-18)20-19(22)16-10-5-6-11-17(16)21-15-8-3-2-4-9-15/h2-6,8-11,14,18,21H,7,12-13H2,1H3,(H,20,22)/t14-,18+/m0/s1. The molecule has 120 valence electrons. The van der Waals surface area contributed by atoms with Crippen molar-refractivity contribution in [3.63, 3.8) is 0 Å². The maximum atomic E-state index is 12.6. The molecule has 3 rings (SSSR count). The second-order valence-electron chi connectivity index (χ2n) is 5.85. The maximum absolute atomic E-state index is 12.6. The smallest absolute Gasteiger partial charge is 0.253 e. The molecule has 1 heterocycles. The first-order valence-corrected chi connectivity index (χ1v) is 8.07. The second-order valence-corrected chi connectivity index (χ2v) is 5.85. The molecule has 0 aliphatic carbocycles. The first-order chi connectivity index (χ1) is 11.2. The van der Waals surface area contributed by atoms with Crippen molar-refractivity contribution in [3.8, 4) is 0 Å². The fraction of sp³-hybridized carbons (Fsp3) is 0.316. The van der Waals surface area contributed by atoms with Gasteiger partial charge in [-0.3, -0.25) is 4.79 Å². The molecule has 1 fully saturated rings. The van der Waals surface area contributed by atoms with Gasteiger partial charge in [0.15, 0.2) is 0 Å². The number of para-hydroxylation sites is 2. The van der Waals surface area contributed by atoms with Gasteiger partial charge in [0.05, 0.1) is 23.4 Å². The molecule has 23 heavy (non-hydrogen) atoms. The third-order valence-electron chi connectivity index (χ3n) is 4.11. The number of amides is 1. The van der Waals surface area contributed by atoms with E-state index in [1.54, 1.807) is 0 Å². The van der Waals surface area contributed by atoms with Gasteiger partial charge >= 0.3 is 0 Å². The highest BCUT2D eigenvalue weighted by Crippen LogP contribution is 2.21. The molecule has 0 unspecified atom stereocenters. The van der Waals surface area contributed by atoms with Crippen molar-refractivity contribution in [2.45, 2.75) is 31.9 Å². The molecule has 2 atom stereocenters. The van der Waals surface area contributed by atoms with Crippen LogP contribution in [-0.2, 0) is 4.74 Å². The number of carbonyl (C=O) groups excluding carboxylic acids is 1. The summed E-state index contributed by atoms with van der Waals surface area (Å²) in [5.41, 5.74) is 2.40. The van der Waals surface area contributed by atoms with E-state index >= 15 is 0 Å². The van der Waals surface area contributed by atoms with Crippen LogP contribution in [0, 0.1) is 0 Å². The van der Waals surface area contributed by atoms with Crippen LogP contribution in [0.1, 0.15) is 30.1 Å². The zero-order chi connectivity index (χ0) is 16.1. The molecule has 1 aliphatic rings. The van der Waals surface area contributed by atoms with E-state index in [4.69, 9.17) is 4.74 Å². The molecule has 1 saturated heterocycles. The van der Waals surface area contributed by atoms with Crippen LogP contribution >= 0.6 is 0 Å². The van der Waals surface area contributed by atoms with Crippen LogP contribution < -0.4 is 10.6 Å². The van der Waals surface area contributed by atoms with Gasteiger partial charge in [-0.15, -0.1) is 0 Å². The van der Waals surface area contributed by atoms with Crippen molar-refractivity contribution < 1.29 is 9.53 Å². The summed E-state index contributed by atoms with van der Waals surface area (Å²) in [6, 6.07) is 17.4. The predicted molar refractivity (Wildman–Crippen MR) is 92.1 cm³/mol. The molecule has 2 N–H and O–H groups in total. The summed E-state index contributed by atoms with van der Waals surface area (Å²) in [7, 11) is 0. The molecule has 0 radical (unpaired) electrons. The van der Waals surface area contributed by atoms with Crippen molar-refractivity contribution in [3.05, 3.63) is 60.2 Å². The molecule has 2 aromatic carbocycles. The Morgan fingerprint density at radius 1 is 1.13 bits per heavy atom. The Morgan fingerprint density at radius 3 is 2.61 bits per heavy atom. The molecule has 1 aliphatic heterocycles. The van der Waals surface area contributed by atoms with Gasteiger partial charge in [0.25, 0.3) is 5.91 Å². The van der Waals surface area contributed by atoms with E-state index in [1.165, 1.54) is 0 Å². The Hall–Kier alpha value is -2.33. The van der Waals surface area contributed by atoms with E-state index in [0.717, 1.165) is 30.8 Å². The maximum Gasteiger partial charge on any atom is 0.253 e. The number of benzene rings is 2. The molecule has 0 saturated carbocycles.